The van der Waals surface area contributed by atoms with Gasteiger partial charge in [0.2, 0.25) is 0 Å². The summed E-state index contributed by atoms with van der Waals surface area (Å²) in [5.41, 5.74) is 0. The Balaban J connectivity index is 1.45. The highest BCUT2D eigenvalue weighted by Crippen LogP contribution is 2.27. The molecule has 0 bridgehead atoms. The Labute approximate surface area is 111 Å². The summed E-state index contributed by atoms with van der Waals surface area (Å²) < 4.78 is 0. The van der Waals surface area contributed by atoms with Gasteiger partial charge in [-0.25, -0.2) is 0 Å². The highest BCUT2D eigenvalue weighted by atomic mass is 15.2. The number of hydrogen-bond acceptors (Lipinski definition) is 2. The minimum Gasteiger partial charge on any atom is -0.356 e. The maximum atomic E-state index is 4.25. The normalized spacial score (nSPS) is 21.3. The van der Waals surface area contributed by atoms with Crippen LogP contribution in [-0.4, -0.2) is 50.6 Å². The van der Waals surface area contributed by atoms with E-state index in [0.717, 1.165) is 25.0 Å². The van der Waals surface area contributed by atoms with Gasteiger partial charge in [0.25, 0.3) is 0 Å². The van der Waals surface area contributed by atoms with Crippen molar-refractivity contribution in [1.29, 1.82) is 0 Å². The van der Waals surface area contributed by atoms with E-state index in [4.69, 9.17) is 0 Å². The largest absolute Gasteiger partial charge is 0.356 e. The van der Waals surface area contributed by atoms with Crippen LogP contribution in [0.15, 0.2) is 4.99 Å². The van der Waals surface area contributed by atoms with Crippen molar-refractivity contribution in [3.63, 3.8) is 0 Å². The summed E-state index contributed by atoms with van der Waals surface area (Å²) in [5, 5.41) is 6.79. The summed E-state index contributed by atoms with van der Waals surface area (Å²) in [6.07, 6.45) is 8.11. The van der Waals surface area contributed by atoms with Crippen LogP contribution in [0.25, 0.3) is 0 Å². The summed E-state index contributed by atoms with van der Waals surface area (Å²) in [7, 11) is 1.85. The summed E-state index contributed by atoms with van der Waals surface area (Å²) in [6, 6.07) is 0. The number of guanidine groups is 1. The van der Waals surface area contributed by atoms with Gasteiger partial charge in [-0.3, -0.25) is 4.99 Å². The van der Waals surface area contributed by atoms with Crippen LogP contribution in [0.2, 0.25) is 0 Å². The second-order valence-corrected chi connectivity index (χ2v) is 5.58. The molecule has 4 heteroatoms. The molecule has 18 heavy (non-hydrogen) atoms. The highest BCUT2D eigenvalue weighted by Gasteiger charge is 2.20. The van der Waals surface area contributed by atoms with Crippen LogP contribution in [-0.2, 0) is 0 Å². The third-order valence-corrected chi connectivity index (χ3v) is 3.87. The molecule has 0 spiro atoms. The summed E-state index contributed by atoms with van der Waals surface area (Å²) in [5.74, 6) is 1.88. The molecule has 0 unspecified atom stereocenters. The van der Waals surface area contributed by atoms with Gasteiger partial charge in [0, 0.05) is 20.1 Å². The van der Waals surface area contributed by atoms with Gasteiger partial charge in [0.15, 0.2) is 5.96 Å². The highest BCUT2D eigenvalue weighted by molar-refractivity contribution is 5.79. The SMILES string of the molecule is CN=C(NCCCCN1CCCC1)NCC1CC1. The van der Waals surface area contributed by atoms with E-state index in [9.17, 15) is 0 Å². The Morgan fingerprint density at radius 3 is 2.61 bits per heavy atom. The number of nitrogens with one attached hydrogen (secondary N) is 2. The van der Waals surface area contributed by atoms with E-state index in [-0.39, 0.29) is 0 Å². The van der Waals surface area contributed by atoms with E-state index in [1.807, 2.05) is 7.05 Å². The van der Waals surface area contributed by atoms with E-state index in [0.29, 0.717) is 0 Å². The van der Waals surface area contributed by atoms with Crippen LogP contribution in [0, 0.1) is 5.92 Å². The van der Waals surface area contributed by atoms with E-state index in [1.54, 1.807) is 0 Å². The predicted molar refractivity (Wildman–Crippen MR) is 77.0 cm³/mol. The Kier molecular flexibility index (Phi) is 5.78. The average molecular weight is 252 g/mol. The fourth-order valence-corrected chi connectivity index (χ4v) is 2.46. The molecule has 0 aromatic heterocycles. The van der Waals surface area contributed by atoms with Gasteiger partial charge < -0.3 is 15.5 Å². The van der Waals surface area contributed by atoms with Crippen molar-refractivity contribution >= 4 is 5.96 Å². The zero-order chi connectivity index (χ0) is 12.6. The van der Waals surface area contributed by atoms with E-state index in [1.165, 1.54) is 58.2 Å². The van der Waals surface area contributed by atoms with Crippen molar-refractivity contribution in [2.75, 3.05) is 39.8 Å². The molecular weight excluding hydrogens is 224 g/mol. The number of hydrogen-bond donors (Lipinski definition) is 2. The molecule has 0 radical (unpaired) electrons. The predicted octanol–water partition coefficient (Wildman–Crippen LogP) is 1.44. The van der Waals surface area contributed by atoms with Gasteiger partial charge in [-0.15, -0.1) is 0 Å². The standard InChI is InChI=1S/C14H28N4/c1-15-14(17-12-13-6-7-13)16-8-2-3-9-18-10-4-5-11-18/h13H,2-12H2,1H3,(H2,15,16,17). The van der Waals surface area contributed by atoms with E-state index >= 15 is 0 Å². The molecule has 0 aromatic rings. The zero-order valence-electron chi connectivity index (χ0n) is 11.7. The van der Waals surface area contributed by atoms with Crippen LogP contribution in [0.3, 0.4) is 0 Å². The van der Waals surface area contributed by atoms with Crippen molar-refractivity contribution in [1.82, 2.24) is 15.5 Å². The minimum atomic E-state index is 0.902. The van der Waals surface area contributed by atoms with Gasteiger partial charge in [0.05, 0.1) is 0 Å². The summed E-state index contributed by atoms with van der Waals surface area (Å²) in [6.45, 7) is 6.04. The molecule has 1 aliphatic heterocycles. The lowest BCUT2D eigenvalue weighted by molar-refractivity contribution is 0.330. The third-order valence-electron chi connectivity index (χ3n) is 3.87. The van der Waals surface area contributed by atoms with Crippen LogP contribution in [0.5, 0.6) is 0 Å². The first-order valence-electron chi connectivity index (χ1n) is 7.55. The maximum Gasteiger partial charge on any atom is 0.190 e. The Morgan fingerprint density at radius 1 is 1.17 bits per heavy atom. The molecule has 0 aromatic carbocycles. The van der Waals surface area contributed by atoms with Crippen molar-refractivity contribution in [3.05, 3.63) is 0 Å². The Morgan fingerprint density at radius 2 is 1.94 bits per heavy atom. The van der Waals surface area contributed by atoms with Gasteiger partial charge in [-0.05, 0) is 64.1 Å². The molecule has 104 valence electrons. The molecule has 1 aliphatic carbocycles. The zero-order valence-corrected chi connectivity index (χ0v) is 11.7. The molecule has 2 N–H and O–H groups in total. The van der Waals surface area contributed by atoms with Gasteiger partial charge in [-0.2, -0.15) is 0 Å². The molecule has 1 saturated heterocycles. The second kappa shape index (κ2) is 7.62. The number of rotatable bonds is 7. The maximum absolute atomic E-state index is 4.25. The third kappa shape index (κ3) is 5.25. The number of unbranched alkanes of at least 4 members (excludes halogenated alkanes) is 1. The molecule has 0 atom stereocenters. The topological polar surface area (TPSA) is 39.7 Å². The fraction of sp³-hybridized carbons (Fsp3) is 0.929. The first-order valence-corrected chi connectivity index (χ1v) is 7.55. The second-order valence-electron chi connectivity index (χ2n) is 5.58. The molecule has 4 nitrogen and oxygen atoms in total. The minimum absolute atomic E-state index is 0.902. The van der Waals surface area contributed by atoms with Gasteiger partial charge in [0.1, 0.15) is 0 Å². The quantitative estimate of drug-likeness (QED) is 0.409. The fourth-order valence-electron chi connectivity index (χ4n) is 2.46. The lowest BCUT2D eigenvalue weighted by Crippen LogP contribution is -2.38. The van der Waals surface area contributed by atoms with E-state index in [2.05, 4.69) is 20.5 Å². The van der Waals surface area contributed by atoms with E-state index < -0.39 is 0 Å². The first kappa shape index (κ1) is 13.7. The average Bonchev–Trinajstić information content (AvgIpc) is 3.07. The van der Waals surface area contributed by atoms with Crippen molar-refractivity contribution in [3.8, 4) is 0 Å². The molecule has 2 fully saturated rings. The first-order chi connectivity index (χ1) is 8.88. The molecule has 1 heterocycles. The summed E-state index contributed by atoms with van der Waals surface area (Å²) >= 11 is 0. The number of aliphatic imine (C=N–C) groups is 1. The van der Waals surface area contributed by atoms with Crippen LogP contribution in [0.4, 0.5) is 0 Å². The molecular formula is C14H28N4. The lowest BCUT2D eigenvalue weighted by Gasteiger charge is -2.15. The summed E-state index contributed by atoms with van der Waals surface area (Å²) in [4.78, 5) is 6.83. The van der Waals surface area contributed by atoms with Crippen LogP contribution in [0.1, 0.15) is 38.5 Å². The van der Waals surface area contributed by atoms with Crippen molar-refractivity contribution < 1.29 is 0 Å². The lowest BCUT2D eigenvalue weighted by atomic mass is 10.3. The monoisotopic (exact) mass is 252 g/mol. The Bertz CT molecular complexity index is 255. The van der Waals surface area contributed by atoms with Crippen LogP contribution < -0.4 is 10.6 Å². The number of likely N-dealkylation sites (tertiary alicyclic amines) is 1. The van der Waals surface area contributed by atoms with Crippen molar-refractivity contribution in [2.24, 2.45) is 10.9 Å². The molecule has 2 aliphatic rings. The smallest absolute Gasteiger partial charge is 0.190 e. The van der Waals surface area contributed by atoms with Crippen molar-refractivity contribution in [2.45, 2.75) is 38.5 Å². The number of nitrogens with zero attached hydrogens (tertiary/aromatic N) is 2. The molecule has 0 amide bonds. The molecule has 2 rings (SSSR count). The van der Waals surface area contributed by atoms with Crippen LogP contribution >= 0.6 is 0 Å². The van der Waals surface area contributed by atoms with Gasteiger partial charge in [-0.1, -0.05) is 0 Å². The van der Waals surface area contributed by atoms with Gasteiger partial charge >= 0.3 is 0 Å². The molecule has 1 saturated carbocycles. The Hall–Kier alpha value is -0.770.